The van der Waals surface area contributed by atoms with E-state index in [2.05, 4.69) is 43.3 Å². The summed E-state index contributed by atoms with van der Waals surface area (Å²) in [4.78, 5) is 23.8. The lowest BCUT2D eigenvalue weighted by Gasteiger charge is -2.07. The van der Waals surface area contributed by atoms with Crippen LogP contribution in [0.3, 0.4) is 0 Å². The van der Waals surface area contributed by atoms with Crippen LogP contribution in [-0.4, -0.2) is 21.6 Å². The number of hydrogen-bond donors (Lipinski definition) is 1. The van der Waals surface area contributed by atoms with Gasteiger partial charge in [-0.3, -0.25) is 4.79 Å². The van der Waals surface area contributed by atoms with Crippen molar-refractivity contribution in [1.82, 2.24) is 9.97 Å². The van der Waals surface area contributed by atoms with E-state index in [1.54, 1.807) is 23.5 Å². The molecule has 0 spiro atoms. The SMILES string of the molecule is Cc1nc(SCC(=O)Nc2nc(Br)sc2Cc2cc(Cl)ccc2Cl)sc1Cc1ccccc1. The summed E-state index contributed by atoms with van der Waals surface area (Å²) in [7, 11) is 0. The van der Waals surface area contributed by atoms with Crippen molar-refractivity contribution < 1.29 is 4.79 Å². The number of halogens is 3. The molecule has 0 saturated carbocycles. The Bertz CT molecular complexity index is 1280. The molecule has 0 radical (unpaired) electrons. The third kappa shape index (κ3) is 6.81. The zero-order valence-electron chi connectivity index (χ0n) is 17.4. The topological polar surface area (TPSA) is 54.9 Å². The zero-order chi connectivity index (χ0) is 23.4. The van der Waals surface area contributed by atoms with E-state index in [1.165, 1.54) is 33.5 Å². The average molecular weight is 599 g/mol. The first-order chi connectivity index (χ1) is 15.9. The maximum Gasteiger partial charge on any atom is 0.236 e. The fraction of sp³-hybridized carbons (Fsp3) is 0.174. The normalized spacial score (nSPS) is 11.0. The van der Waals surface area contributed by atoms with Gasteiger partial charge in [-0.1, -0.05) is 65.3 Å². The standard InChI is InChI=1S/C23H18BrCl2N3OS3/c1-13-18(9-14-5-3-2-4-6-14)33-23(27-13)31-12-20(30)28-21-19(32-22(24)29-21)11-15-10-16(25)7-8-17(15)26/h2-8,10H,9,11-12H2,1H3,(H,28,30). The van der Waals surface area contributed by atoms with Gasteiger partial charge >= 0.3 is 0 Å². The summed E-state index contributed by atoms with van der Waals surface area (Å²) in [6.45, 7) is 2.01. The van der Waals surface area contributed by atoms with Gasteiger partial charge in [-0.2, -0.15) is 0 Å². The van der Waals surface area contributed by atoms with Crippen molar-refractivity contribution in [2.75, 3.05) is 11.1 Å². The van der Waals surface area contributed by atoms with E-state index in [0.717, 1.165) is 26.9 Å². The van der Waals surface area contributed by atoms with Gasteiger partial charge in [0, 0.05) is 27.8 Å². The van der Waals surface area contributed by atoms with Gasteiger partial charge in [0.1, 0.15) is 5.82 Å². The van der Waals surface area contributed by atoms with Crippen LogP contribution in [0.25, 0.3) is 0 Å². The Morgan fingerprint density at radius 2 is 1.85 bits per heavy atom. The third-order valence-electron chi connectivity index (χ3n) is 4.70. The van der Waals surface area contributed by atoms with Gasteiger partial charge in [0.2, 0.25) is 5.91 Å². The number of aryl methyl sites for hydroxylation is 1. The highest BCUT2D eigenvalue weighted by atomic mass is 79.9. The lowest BCUT2D eigenvalue weighted by molar-refractivity contribution is -0.113. The molecule has 0 saturated heterocycles. The van der Waals surface area contributed by atoms with Crippen LogP contribution in [-0.2, 0) is 17.6 Å². The quantitative estimate of drug-likeness (QED) is 0.209. The Hall–Kier alpha value is -1.42. The van der Waals surface area contributed by atoms with Gasteiger partial charge in [0.05, 0.1) is 16.3 Å². The van der Waals surface area contributed by atoms with Gasteiger partial charge < -0.3 is 5.32 Å². The number of hydrogen-bond acceptors (Lipinski definition) is 6. The number of thiazole rings is 2. The number of thioether (sulfide) groups is 1. The molecule has 0 aliphatic heterocycles. The van der Waals surface area contributed by atoms with Crippen molar-refractivity contribution >= 4 is 85.3 Å². The molecular formula is C23H18BrCl2N3OS3. The largest absolute Gasteiger partial charge is 0.309 e. The van der Waals surface area contributed by atoms with Gasteiger partial charge in [-0.05, 0) is 52.2 Å². The maximum absolute atomic E-state index is 12.7. The number of nitrogens with zero attached hydrogens (tertiary/aromatic N) is 2. The Morgan fingerprint density at radius 3 is 2.64 bits per heavy atom. The van der Waals surface area contributed by atoms with E-state index in [0.29, 0.717) is 26.2 Å². The molecule has 1 N–H and O–H groups in total. The van der Waals surface area contributed by atoms with Crippen LogP contribution in [0, 0.1) is 6.92 Å². The molecule has 4 rings (SSSR count). The van der Waals surface area contributed by atoms with Crippen LogP contribution >= 0.6 is 73.6 Å². The van der Waals surface area contributed by atoms with E-state index in [1.807, 2.05) is 31.2 Å². The number of carbonyl (C=O) groups excluding carboxylic acids is 1. The van der Waals surface area contributed by atoms with E-state index in [9.17, 15) is 4.79 Å². The summed E-state index contributed by atoms with van der Waals surface area (Å²) in [5.74, 6) is 0.659. The van der Waals surface area contributed by atoms with Crippen molar-refractivity contribution in [1.29, 1.82) is 0 Å². The van der Waals surface area contributed by atoms with Crippen molar-refractivity contribution in [3.8, 4) is 0 Å². The summed E-state index contributed by atoms with van der Waals surface area (Å²) < 4.78 is 1.58. The number of aromatic nitrogens is 2. The van der Waals surface area contributed by atoms with E-state index < -0.39 is 0 Å². The van der Waals surface area contributed by atoms with Gasteiger partial charge in [-0.15, -0.1) is 22.7 Å². The summed E-state index contributed by atoms with van der Waals surface area (Å²) in [6, 6.07) is 15.7. The van der Waals surface area contributed by atoms with Crippen LogP contribution in [0.5, 0.6) is 0 Å². The number of rotatable bonds is 8. The second-order valence-corrected chi connectivity index (χ2v) is 12.6. The average Bonchev–Trinajstić information content (AvgIpc) is 3.31. The molecule has 0 unspecified atom stereocenters. The van der Waals surface area contributed by atoms with Crippen molar-refractivity contribution in [3.63, 3.8) is 0 Å². The third-order valence-corrected chi connectivity index (χ3v) is 9.11. The molecule has 2 heterocycles. The first kappa shape index (κ1) is 24.7. The van der Waals surface area contributed by atoms with Gasteiger partial charge in [0.15, 0.2) is 8.26 Å². The lowest BCUT2D eigenvalue weighted by atomic mass is 10.1. The first-order valence-electron chi connectivity index (χ1n) is 9.89. The molecule has 170 valence electrons. The van der Waals surface area contributed by atoms with Crippen LogP contribution in [0.15, 0.2) is 56.8 Å². The predicted octanol–water partition coefficient (Wildman–Crippen LogP) is 7.89. The minimum atomic E-state index is -0.131. The first-order valence-corrected chi connectivity index (χ1v) is 14.1. The van der Waals surface area contributed by atoms with Crippen LogP contribution in [0.4, 0.5) is 5.82 Å². The Labute approximate surface area is 222 Å². The lowest BCUT2D eigenvalue weighted by Crippen LogP contribution is -2.15. The van der Waals surface area contributed by atoms with Gasteiger partial charge in [0.25, 0.3) is 0 Å². The fourth-order valence-electron chi connectivity index (χ4n) is 3.10. The molecule has 33 heavy (non-hydrogen) atoms. The molecule has 0 bridgehead atoms. The Morgan fingerprint density at radius 1 is 1.06 bits per heavy atom. The zero-order valence-corrected chi connectivity index (χ0v) is 22.9. The summed E-state index contributed by atoms with van der Waals surface area (Å²) in [5, 5.41) is 4.17. The second kappa shape index (κ2) is 11.3. The molecular weight excluding hydrogens is 581 g/mol. The molecule has 1 amide bonds. The number of anilines is 1. The predicted molar refractivity (Wildman–Crippen MR) is 145 cm³/mol. The molecule has 0 fully saturated rings. The number of carbonyl (C=O) groups is 1. The molecule has 0 atom stereocenters. The van der Waals surface area contributed by atoms with E-state index >= 15 is 0 Å². The van der Waals surface area contributed by atoms with E-state index in [4.69, 9.17) is 23.2 Å². The van der Waals surface area contributed by atoms with Crippen LogP contribution in [0.1, 0.15) is 26.6 Å². The smallest absolute Gasteiger partial charge is 0.236 e. The summed E-state index contributed by atoms with van der Waals surface area (Å²) >= 11 is 20.4. The van der Waals surface area contributed by atoms with Crippen LogP contribution in [0.2, 0.25) is 10.0 Å². The number of nitrogens with one attached hydrogen (secondary N) is 1. The highest BCUT2D eigenvalue weighted by Gasteiger charge is 2.16. The Kier molecular flexibility index (Phi) is 8.48. The molecule has 0 aliphatic carbocycles. The molecule has 0 aliphatic rings. The minimum Gasteiger partial charge on any atom is -0.309 e. The summed E-state index contributed by atoms with van der Waals surface area (Å²) in [5.41, 5.74) is 3.14. The summed E-state index contributed by atoms with van der Waals surface area (Å²) in [6.07, 6.45) is 1.37. The van der Waals surface area contributed by atoms with Crippen molar-refractivity contribution in [2.45, 2.75) is 24.1 Å². The van der Waals surface area contributed by atoms with E-state index in [-0.39, 0.29) is 11.7 Å². The Balaban J connectivity index is 1.38. The van der Waals surface area contributed by atoms with Crippen LogP contribution < -0.4 is 5.32 Å². The molecule has 2 aromatic heterocycles. The van der Waals surface area contributed by atoms with Gasteiger partial charge in [-0.25, -0.2) is 9.97 Å². The molecule has 2 aromatic carbocycles. The minimum absolute atomic E-state index is 0.131. The van der Waals surface area contributed by atoms with Crippen molar-refractivity contribution in [2.24, 2.45) is 0 Å². The maximum atomic E-state index is 12.7. The van der Waals surface area contributed by atoms with Crippen molar-refractivity contribution in [3.05, 3.63) is 89.1 Å². The number of benzene rings is 2. The number of amides is 1. The highest BCUT2D eigenvalue weighted by molar-refractivity contribution is 9.11. The monoisotopic (exact) mass is 597 g/mol. The molecule has 4 nitrogen and oxygen atoms in total. The fourth-order valence-corrected chi connectivity index (χ4v) is 7.07. The molecule has 10 heteroatoms. The second-order valence-electron chi connectivity index (χ2n) is 7.14. The highest BCUT2D eigenvalue weighted by Crippen LogP contribution is 2.33. The molecule has 4 aromatic rings.